The van der Waals surface area contributed by atoms with Crippen molar-refractivity contribution >= 4 is 39.1 Å². The summed E-state index contributed by atoms with van der Waals surface area (Å²) in [6, 6.07) is 27.9. The quantitative estimate of drug-likeness (QED) is 0.148. The summed E-state index contributed by atoms with van der Waals surface area (Å²) in [6.07, 6.45) is 1.96. The van der Waals surface area contributed by atoms with Crippen LogP contribution in [0.3, 0.4) is 0 Å². The summed E-state index contributed by atoms with van der Waals surface area (Å²) in [5, 5.41) is 3.35. The Kier molecular flexibility index (Phi) is 12.0. The largest absolute Gasteiger partial charge is 0.354 e. The molecule has 0 spiro atoms. The second-order valence-electron chi connectivity index (χ2n) is 11.6. The molecule has 1 atom stereocenters. The zero-order chi connectivity index (χ0) is 33.3. The summed E-state index contributed by atoms with van der Waals surface area (Å²) in [5.74, 6) is -0.799. The average molecular weight is 660 g/mol. The molecule has 0 heterocycles. The summed E-state index contributed by atoms with van der Waals surface area (Å²) in [6.45, 7) is 7.73. The van der Waals surface area contributed by atoms with Crippen LogP contribution in [-0.4, -0.2) is 44.3 Å². The van der Waals surface area contributed by atoms with Crippen molar-refractivity contribution in [3.8, 4) is 0 Å². The molecule has 0 radical (unpaired) electrons. The topological polar surface area (TPSA) is 86.8 Å². The van der Waals surface area contributed by atoms with Gasteiger partial charge in [0.1, 0.15) is 12.6 Å². The first-order chi connectivity index (χ1) is 22.0. The number of nitrogens with zero attached hydrogens (tertiary/aromatic N) is 2. The number of carbonyl (C=O) groups excluding carboxylic acids is 2. The number of carbonyl (C=O) groups is 2. The van der Waals surface area contributed by atoms with Gasteiger partial charge in [-0.05, 0) is 68.1 Å². The van der Waals surface area contributed by atoms with E-state index in [2.05, 4.69) is 5.32 Å². The maximum absolute atomic E-state index is 14.6. The van der Waals surface area contributed by atoms with Gasteiger partial charge in [0.15, 0.2) is 0 Å². The van der Waals surface area contributed by atoms with Gasteiger partial charge >= 0.3 is 0 Å². The van der Waals surface area contributed by atoms with E-state index >= 15 is 0 Å². The molecule has 0 aromatic heterocycles. The lowest BCUT2D eigenvalue weighted by atomic mass is 10.0. The molecule has 4 aromatic carbocycles. The van der Waals surface area contributed by atoms with Gasteiger partial charge in [0.05, 0.1) is 10.6 Å². The fourth-order valence-corrected chi connectivity index (χ4v) is 6.79. The van der Waals surface area contributed by atoms with Crippen molar-refractivity contribution in [2.45, 2.75) is 64.4 Å². The molecule has 242 valence electrons. The number of halogens is 1. The number of rotatable bonds is 14. The monoisotopic (exact) mass is 659 g/mol. The van der Waals surface area contributed by atoms with Gasteiger partial charge in [0.2, 0.25) is 11.8 Å². The highest BCUT2D eigenvalue weighted by Crippen LogP contribution is 2.30. The zero-order valence-electron chi connectivity index (χ0n) is 26.9. The van der Waals surface area contributed by atoms with Gasteiger partial charge in [-0.3, -0.25) is 13.9 Å². The second kappa shape index (κ2) is 15.9. The summed E-state index contributed by atoms with van der Waals surface area (Å²) >= 11 is 6.37. The number of unbranched alkanes of at least 4 members (excludes halogenated alkanes) is 1. The van der Waals surface area contributed by atoms with Crippen LogP contribution in [0.25, 0.3) is 0 Å². The minimum atomic E-state index is -4.21. The lowest BCUT2D eigenvalue weighted by Gasteiger charge is -2.34. The van der Waals surface area contributed by atoms with E-state index in [-0.39, 0.29) is 23.8 Å². The average Bonchev–Trinajstić information content (AvgIpc) is 3.04. The lowest BCUT2D eigenvalue weighted by Crippen LogP contribution is -2.53. The number of nitrogens with one attached hydrogen (secondary N) is 1. The van der Waals surface area contributed by atoms with Crippen LogP contribution in [0.1, 0.15) is 47.6 Å². The molecule has 0 bridgehead atoms. The van der Waals surface area contributed by atoms with Crippen LogP contribution >= 0.6 is 11.6 Å². The first kappa shape index (κ1) is 34.7. The maximum atomic E-state index is 14.6. The zero-order valence-corrected chi connectivity index (χ0v) is 28.4. The Morgan fingerprint density at radius 3 is 2.09 bits per heavy atom. The fourth-order valence-electron chi connectivity index (χ4n) is 5.15. The van der Waals surface area contributed by atoms with Crippen LogP contribution in [0.15, 0.2) is 102 Å². The highest BCUT2D eigenvalue weighted by Gasteiger charge is 2.35. The molecular formula is C37H42ClN3O4S. The molecule has 46 heavy (non-hydrogen) atoms. The number of benzene rings is 4. The Morgan fingerprint density at radius 2 is 1.46 bits per heavy atom. The molecule has 2 amide bonds. The van der Waals surface area contributed by atoms with Crippen molar-refractivity contribution in [3.63, 3.8) is 0 Å². The molecule has 1 N–H and O–H groups in total. The van der Waals surface area contributed by atoms with Gasteiger partial charge in [-0.25, -0.2) is 8.42 Å². The van der Waals surface area contributed by atoms with Gasteiger partial charge in [-0.1, -0.05) is 109 Å². The standard InChI is InChI=1S/C37H42ClN3O4S/c1-5-6-22-39-37(43)35(23-30-10-8-7-9-11-30)40(25-31-17-12-27(2)13-18-31)36(42)26-41(34-24-32(38)19-16-29(34)4)46(44,45)33-20-14-28(3)15-21-33/h7-21,24,35H,5-6,22-23,25-26H2,1-4H3,(H,39,43). The molecule has 9 heteroatoms. The van der Waals surface area contributed by atoms with Crippen molar-refractivity contribution < 1.29 is 18.0 Å². The van der Waals surface area contributed by atoms with E-state index in [4.69, 9.17) is 11.6 Å². The Morgan fingerprint density at radius 1 is 0.826 bits per heavy atom. The van der Waals surface area contributed by atoms with Gasteiger partial charge in [0, 0.05) is 24.5 Å². The number of anilines is 1. The van der Waals surface area contributed by atoms with Gasteiger partial charge in [0.25, 0.3) is 10.0 Å². The highest BCUT2D eigenvalue weighted by atomic mass is 35.5. The van der Waals surface area contributed by atoms with E-state index in [0.29, 0.717) is 22.8 Å². The third-order valence-electron chi connectivity index (χ3n) is 7.90. The van der Waals surface area contributed by atoms with Crippen LogP contribution in [0.2, 0.25) is 5.02 Å². The summed E-state index contributed by atoms with van der Waals surface area (Å²) in [7, 11) is -4.21. The van der Waals surface area contributed by atoms with Crippen LogP contribution in [-0.2, 0) is 32.6 Å². The van der Waals surface area contributed by atoms with E-state index in [1.165, 1.54) is 17.0 Å². The smallest absolute Gasteiger partial charge is 0.264 e. The summed E-state index contributed by atoms with van der Waals surface area (Å²) in [5.41, 5.74) is 4.61. The van der Waals surface area contributed by atoms with Crippen LogP contribution < -0.4 is 9.62 Å². The molecule has 0 saturated carbocycles. The Balaban J connectivity index is 1.81. The van der Waals surface area contributed by atoms with E-state index in [0.717, 1.165) is 39.4 Å². The lowest BCUT2D eigenvalue weighted by molar-refractivity contribution is -0.140. The number of sulfonamides is 1. The van der Waals surface area contributed by atoms with Crippen LogP contribution in [0.5, 0.6) is 0 Å². The Hall–Kier alpha value is -4.14. The normalized spacial score (nSPS) is 11.9. The van der Waals surface area contributed by atoms with Gasteiger partial charge in [-0.15, -0.1) is 0 Å². The van der Waals surface area contributed by atoms with Crippen LogP contribution in [0.4, 0.5) is 5.69 Å². The van der Waals surface area contributed by atoms with Gasteiger partial charge < -0.3 is 10.2 Å². The van der Waals surface area contributed by atoms with E-state index in [1.54, 1.807) is 37.3 Å². The minimum Gasteiger partial charge on any atom is -0.354 e. The predicted octanol–water partition coefficient (Wildman–Crippen LogP) is 7.02. The molecule has 1 unspecified atom stereocenters. The molecule has 0 saturated heterocycles. The molecule has 0 aliphatic carbocycles. The molecule has 0 fully saturated rings. The first-order valence-electron chi connectivity index (χ1n) is 15.5. The number of hydrogen-bond acceptors (Lipinski definition) is 4. The predicted molar refractivity (Wildman–Crippen MR) is 185 cm³/mol. The Labute approximate surface area is 278 Å². The molecule has 0 aliphatic heterocycles. The minimum absolute atomic E-state index is 0.0495. The van der Waals surface area contributed by atoms with Crippen LogP contribution in [0, 0.1) is 20.8 Å². The molecule has 7 nitrogen and oxygen atoms in total. The van der Waals surface area contributed by atoms with Crippen molar-refractivity contribution in [2.75, 3.05) is 17.4 Å². The van der Waals surface area contributed by atoms with Crippen molar-refractivity contribution in [2.24, 2.45) is 0 Å². The number of aryl methyl sites for hydroxylation is 3. The molecule has 0 aliphatic rings. The molecule has 4 aromatic rings. The SMILES string of the molecule is CCCCNC(=O)C(Cc1ccccc1)N(Cc1ccc(C)cc1)C(=O)CN(c1cc(Cl)ccc1C)S(=O)(=O)c1ccc(C)cc1. The van der Waals surface area contributed by atoms with E-state index in [9.17, 15) is 18.0 Å². The van der Waals surface area contributed by atoms with Crippen molar-refractivity contribution in [1.82, 2.24) is 10.2 Å². The summed E-state index contributed by atoms with van der Waals surface area (Å²) in [4.78, 5) is 30.0. The maximum Gasteiger partial charge on any atom is 0.264 e. The summed E-state index contributed by atoms with van der Waals surface area (Å²) < 4.78 is 29.6. The van der Waals surface area contributed by atoms with Crippen molar-refractivity contribution in [3.05, 3.63) is 130 Å². The molecule has 4 rings (SSSR count). The second-order valence-corrected chi connectivity index (χ2v) is 13.9. The molecular weight excluding hydrogens is 618 g/mol. The first-order valence-corrected chi connectivity index (χ1v) is 17.3. The van der Waals surface area contributed by atoms with E-state index in [1.807, 2.05) is 75.4 Å². The van der Waals surface area contributed by atoms with E-state index < -0.39 is 28.5 Å². The highest BCUT2D eigenvalue weighted by molar-refractivity contribution is 7.92. The Bertz CT molecular complexity index is 1730. The van der Waals surface area contributed by atoms with Gasteiger partial charge in [-0.2, -0.15) is 0 Å². The number of hydrogen-bond donors (Lipinski definition) is 1. The fraction of sp³-hybridized carbons (Fsp3) is 0.297. The number of amides is 2. The van der Waals surface area contributed by atoms with Crippen molar-refractivity contribution in [1.29, 1.82) is 0 Å². The third kappa shape index (κ3) is 8.98. The third-order valence-corrected chi connectivity index (χ3v) is 9.91.